The molecule has 0 aromatic rings. The maximum absolute atomic E-state index is 13.4. The molecule has 2 fully saturated rings. The zero-order chi connectivity index (χ0) is 28.1. The van der Waals surface area contributed by atoms with Crippen molar-refractivity contribution in [3.05, 3.63) is 0 Å². The third kappa shape index (κ3) is 10.1. The van der Waals surface area contributed by atoms with E-state index in [1.807, 2.05) is 13.8 Å². The van der Waals surface area contributed by atoms with Crippen LogP contribution in [-0.2, 0) is 33.3 Å². The number of hydrogen-bond acceptors (Lipinski definition) is 9. The minimum absolute atomic E-state index is 0.106. The predicted molar refractivity (Wildman–Crippen MR) is 135 cm³/mol. The van der Waals surface area contributed by atoms with Crippen molar-refractivity contribution in [2.75, 3.05) is 6.61 Å². The van der Waals surface area contributed by atoms with Gasteiger partial charge in [0.25, 0.3) is 0 Å². The Hall–Kier alpha value is -2.36. The van der Waals surface area contributed by atoms with Crippen molar-refractivity contribution in [2.24, 2.45) is 11.8 Å². The molecule has 212 valence electrons. The fourth-order valence-corrected chi connectivity index (χ4v) is 3.83. The topological polar surface area (TPSA) is 118 Å². The van der Waals surface area contributed by atoms with Gasteiger partial charge in [-0.3, -0.25) is 4.79 Å². The summed E-state index contributed by atoms with van der Waals surface area (Å²) in [5.41, 5.74) is -1.82. The molecule has 10 heteroatoms. The van der Waals surface area contributed by atoms with Crippen LogP contribution in [0.15, 0.2) is 0 Å². The zero-order valence-electron chi connectivity index (χ0n) is 23.8. The Labute approximate surface area is 220 Å². The number of amides is 2. The number of rotatable bonds is 6. The molecular weight excluding hydrogens is 482 g/mol. The Balaban J connectivity index is 2.35. The van der Waals surface area contributed by atoms with E-state index in [1.54, 1.807) is 48.5 Å². The Bertz CT molecular complexity index is 795. The SMILES string of the molecule is CC(C)CO[C@H]1CCC[C@H](N(C(=O)OC(C)(C)C)C(=O)OC(C)(C)C)C(=O)O[C@@H](C)[C@@H]1OC(=O)C1CC1. The van der Waals surface area contributed by atoms with Crippen molar-refractivity contribution in [3.63, 3.8) is 0 Å². The molecule has 0 aromatic carbocycles. The molecule has 4 atom stereocenters. The maximum Gasteiger partial charge on any atom is 0.420 e. The molecule has 0 aromatic heterocycles. The quantitative estimate of drug-likeness (QED) is 0.347. The highest BCUT2D eigenvalue weighted by molar-refractivity contribution is 5.94. The fourth-order valence-electron chi connectivity index (χ4n) is 3.83. The first kappa shape index (κ1) is 30.9. The molecule has 10 nitrogen and oxygen atoms in total. The molecule has 1 aliphatic carbocycles. The monoisotopic (exact) mass is 527 g/mol. The molecule has 0 bridgehead atoms. The highest BCUT2D eigenvalue weighted by atomic mass is 16.6. The number of carbonyl (C=O) groups excluding carboxylic acids is 4. The molecular formula is C27H45NO9. The summed E-state index contributed by atoms with van der Waals surface area (Å²) in [6, 6.07) is -1.28. The molecule has 0 unspecified atom stereocenters. The molecule has 1 heterocycles. The predicted octanol–water partition coefficient (Wildman–Crippen LogP) is 5.01. The van der Waals surface area contributed by atoms with E-state index in [2.05, 4.69) is 0 Å². The van der Waals surface area contributed by atoms with Crippen LogP contribution >= 0.6 is 0 Å². The summed E-state index contributed by atoms with van der Waals surface area (Å²) < 4.78 is 28.5. The average molecular weight is 528 g/mol. The Morgan fingerprint density at radius 3 is 1.95 bits per heavy atom. The van der Waals surface area contributed by atoms with Gasteiger partial charge in [0.05, 0.1) is 12.0 Å². The zero-order valence-corrected chi connectivity index (χ0v) is 23.8. The van der Waals surface area contributed by atoms with Gasteiger partial charge in [-0.1, -0.05) is 13.8 Å². The fraction of sp³-hybridized carbons (Fsp3) is 0.852. The van der Waals surface area contributed by atoms with Crippen LogP contribution < -0.4 is 0 Å². The lowest BCUT2D eigenvalue weighted by Crippen LogP contribution is -2.53. The lowest BCUT2D eigenvalue weighted by Gasteiger charge is -2.33. The second kappa shape index (κ2) is 12.5. The summed E-state index contributed by atoms with van der Waals surface area (Å²) >= 11 is 0. The van der Waals surface area contributed by atoms with Gasteiger partial charge >= 0.3 is 24.1 Å². The van der Waals surface area contributed by atoms with Crippen LogP contribution in [0.3, 0.4) is 0 Å². The van der Waals surface area contributed by atoms with E-state index < -0.39 is 53.7 Å². The molecule has 1 aliphatic heterocycles. The average Bonchev–Trinajstić information content (AvgIpc) is 3.55. The largest absolute Gasteiger partial charge is 0.457 e. The molecule has 2 amide bonds. The number of carbonyl (C=O) groups is 4. The van der Waals surface area contributed by atoms with Crippen LogP contribution in [0.2, 0.25) is 0 Å². The summed E-state index contributed by atoms with van der Waals surface area (Å²) in [5.74, 6) is -1.02. The summed E-state index contributed by atoms with van der Waals surface area (Å²) in [6.45, 7) is 16.1. The lowest BCUT2D eigenvalue weighted by molar-refractivity contribution is -0.182. The smallest absolute Gasteiger partial charge is 0.420 e. The molecule has 37 heavy (non-hydrogen) atoms. The summed E-state index contributed by atoms with van der Waals surface area (Å²) in [5, 5.41) is 0. The minimum atomic E-state index is -1.28. The molecule has 0 spiro atoms. The van der Waals surface area contributed by atoms with Crippen LogP contribution in [-0.4, -0.2) is 71.2 Å². The minimum Gasteiger partial charge on any atom is -0.457 e. The molecule has 2 aliphatic rings. The first-order valence-corrected chi connectivity index (χ1v) is 13.3. The van der Waals surface area contributed by atoms with E-state index in [1.165, 1.54) is 0 Å². The number of cyclic esters (lactones) is 1. The van der Waals surface area contributed by atoms with E-state index in [-0.39, 0.29) is 24.2 Å². The summed E-state index contributed by atoms with van der Waals surface area (Å²) in [7, 11) is 0. The Kier molecular flexibility index (Phi) is 10.4. The summed E-state index contributed by atoms with van der Waals surface area (Å²) in [6.07, 6.45) is -1.70. The van der Waals surface area contributed by atoms with E-state index in [4.69, 9.17) is 23.7 Å². The van der Waals surface area contributed by atoms with Crippen LogP contribution in [0, 0.1) is 11.8 Å². The maximum atomic E-state index is 13.4. The highest BCUT2D eigenvalue weighted by Gasteiger charge is 2.45. The highest BCUT2D eigenvalue weighted by Crippen LogP contribution is 2.33. The first-order chi connectivity index (χ1) is 17.0. The van der Waals surface area contributed by atoms with Crippen molar-refractivity contribution in [3.8, 4) is 0 Å². The van der Waals surface area contributed by atoms with Crippen LogP contribution in [0.1, 0.15) is 94.4 Å². The molecule has 0 N–H and O–H groups in total. The number of ether oxygens (including phenoxy) is 5. The number of hydrogen-bond donors (Lipinski definition) is 0. The van der Waals surface area contributed by atoms with Crippen molar-refractivity contribution >= 4 is 24.1 Å². The van der Waals surface area contributed by atoms with Gasteiger partial charge in [-0.25, -0.2) is 14.4 Å². The van der Waals surface area contributed by atoms with E-state index in [0.29, 0.717) is 24.3 Å². The van der Waals surface area contributed by atoms with Crippen molar-refractivity contribution < 1.29 is 42.9 Å². The molecule has 0 radical (unpaired) electrons. The number of nitrogens with zero attached hydrogens (tertiary/aromatic N) is 1. The van der Waals surface area contributed by atoms with Gasteiger partial charge in [-0.05, 0) is 86.5 Å². The third-order valence-corrected chi connectivity index (χ3v) is 5.67. The first-order valence-electron chi connectivity index (χ1n) is 13.3. The third-order valence-electron chi connectivity index (χ3n) is 5.67. The Morgan fingerprint density at radius 2 is 1.49 bits per heavy atom. The van der Waals surface area contributed by atoms with Crippen LogP contribution in [0.25, 0.3) is 0 Å². The molecule has 2 rings (SSSR count). The van der Waals surface area contributed by atoms with Gasteiger partial charge in [0.1, 0.15) is 23.3 Å². The van der Waals surface area contributed by atoms with Gasteiger partial charge < -0.3 is 23.7 Å². The second-order valence-corrected chi connectivity index (χ2v) is 12.4. The van der Waals surface area contributed by atoms with Crippen molar-refractivity contribution in [1.82, 2.24) is 4.90 Å². The standard InChI is InChI=1S/C27H45NO9/c1-16(2)15-33-20-12-10-11-19(23(30)34-17(3)21(20)35-22(29)18-13-14-18)28(24(31)36-26(4,5)6)25(32)37-27(7,8)9/h16-21H,10-15H2,1-9H3/t17-,19-,20-,21-/m0/s1. The summed E-state index contributed by atoms with van der Waals surface area (Å²) in [4.78, 5) is 52.9. The Morgan fingerprint density at radius 1 is 0.946 bits per heavy atom. The number of esters is 2. The second-order valence-electron chi connectivity index (χ2n) is 12.4. The van der Waals surface area contributed by atoms with Crippen molar-refractivity contribution in [1.29, 1.82) is 0 Å². The van der Waals surface area contributed by atoms with Gasteiger partial charge in [-0.2, -0.15) is 4.90 Å². The van der Waals surface area contributed by atoms with Crippen LogP contribution in [0.4, 0.5) is 9.59 Å². The van der Waals surface area contributed by atoms with Gasteiger partial charge in [-0.15, -0.1) is 0 Å². The van der Waals surface area contributed by atoms with Gasteiger partial charge in [0, 0.05) is 6.61 Å². The number of imide groups is 1. The lowest BCUT2D eigenvalue weighted by atomic mass is 10.0. The molecule has 1 saturated carbocycles. The van der Waals surface area contributed by atoms with E-state index in [0.717, 1.165) is 12.8 Å². The van der Waals surface area contributed by atoms with E-state index >= 15 is 0 Å². The van der Waals surface area contributed by atoms with Gasteiger partial charge in [0.15, 0.2) is 6.10 Å². The normalized spacial score (nSPS) is 25.3. The van der Waals surface area contributed by atoms with E-state index in [9.17, 15) is 19.2 Å². The molecule has 1 saturated heterocycles. The van der Waals surface area contributed by atoms with Crippen molar-refractivity contribution in [2.45, 2.75) is 130 Å². The van der Waals surface area contributed by atoms with Crippen LogP contribution in [0.5, 0.6) is 0 Å². The van der Waals surface area contributed by atoms with Gasteiger partial charge in [0.2, 0.25) is 0 Å².